The molecule has 0 saturated heterocycles. The molecule has 6 heteroatoms. The molecule has 1 aliphatic rings. The molecule has 1 N–H and O–H groups in total. The van der Waals surface area contributed by atoms with Crippen LogP contribution < -0.4 is 5.32 Å². The average Bonchev–Trinajstić information content (AvgIpc) is 2.83. The van der Waals surface area contributed by atoms with E-state index < -0.39 is 0 Å². The van der Waals surface area contributed by atoms with Gasteiger partial charge in [-0.2, -0.15) is 0 Å². The minimum atomic E-state index is -0.189. The van der Waals surface area contributed by atoms with Gasteiger partial charge in [0.05, 0.1) is 5.25 Å². The Hall–Kier alpha value is -1.82. The van der Waals surface area contributed by atoms with Gasteiger partial charge in [-0.05, 0) is 32.3 Å². The molecular formula is C20H28N4OS. The van der Waals surface area contributed by atoms with E-state index in [1.165, 1.54) is 43.0 Å². The molecule has 0 spiro atoms. The number of carbonyl (C=O) groups is 1. The van der Waals surface area contributed by atoms with Gasteiger partial charge in [0.2, 0.25) is 5.91 Å². The van der Waals surface area contributed by atoms with Crippen LogP contribution in [-0.2, 0) is 11.8 Å². The van der Waals surface area contributed by atoms with Crippen molar-refractivity contribution in [1.82, 2.24) is 20.1 Å². The van der Waals surface area contributed by atoms with Crippen molar-refractivity contribution in [1.29, 1.82) is 0 Å². The van der Waals surface area contributed by atoms with E-state index in [1.54, 1.807) is 0 Å². The van der Waals surface area contributed by atoms with Gasteiger partial charge in [0.1, 0.15) is 0 Å². The first-order valence-corrected chi connectivity index (χ1v) is 10.4. The molecule has 1 saturated carbocycles. The van der Waals surface area contributed by atoms with Crippen molar-refractivity contribution in [2.75, 3.05) is 0 Å². The Bertz CT molecular complexity index is 750. The number of hydrogen-bond acceptors (Lipinski definition) is 4. The zero-order chi connectivity index (χ0) is 18.5. The summed E-state index contributed by atoms with van der Waals surface area (Å²) in [7, 11) is 1.96. The Morgan fingerprint density at radius 3 is 2.58 bits per heavy atom. The highest BCUT2D eigenvalue weighted by atomic mass is 32.2. The van der Waals surface area contributed by atoms with Gasteiger partial charge in [0.25, 0.3) is 0 Å². The van der Waals surface area contributed by atoms with E-state index in [0.717, 1.165) is 29.4 Å². The molecule has 1 fully saturated rings. The summed E-state index contributed by atoms with van der Waals surface area (Å²) in [6, 6.07) is 8.47. The standard InChI is InChI=1S/C20H28N4OS/c1-14-10-8-9-13-17(14)18-22-23-20(24(18)3)26-15(2)19(25)21-16-11-6-4-5-7-12-16/h8-10,13,15-16H,4-7,11-12H2,1-3H3,(H,21,25)/t15-/m1/s1. The maximum absolute atomic E-state index is 12.6. The van der Waals surface area contributed by atoms with Crippen molar-refractivity contribution in [2.24, 2.45) is 7.05 Å². The Labute approximate surface area is 160 Å². The number of thioether (sulfide) groups is 1. The van der Waals surface area contributed by atoms with Crippen molar-refractivity contribution < 1.29 is 4.79 Å². The molecule has 5 nitrogen and oxygen atoms in total. The number of benzene rings is 1. The predicted molar refractivity (Wildman–Crippen MR) is 106 cm³/mol. The zero-order valence-electron chi connectivity index (χ0n) is 15.9. The highest BCUT2D eigenvalue weighted by Gasteiger charge is 2.22. The van der Waals surface area contributed by atoms with Gasteiger partial charge in [-0.3, -0.25) is 4.79 Å². The Balaban J connectivity index is 1.65. The maximum atomic E-state index is 12.6. The van der Waals surface area contributed by atoms with Crippen LogP contribution in [0.5, 0.6) is 0 Å². The molecule has 2 aromatic rings. The van der Waals surface area contributed by atoms with Crippen LogP contribution in [0.4, 0.5) is 0 Å². The second kappa shape index (κ2) is 8.71. The molecule has 1 heterocycles. The Kier molecular flexibility index (Phi) is 6.35. The SMILES string of the molecule is Cc1ccccc1-c1nnc(S[C@H](C)C(=O)NC2CCCCCC2)n1C. The van der Waals surface area contributed by atoms with Crippen LogP contribution in [0.2, 0.25) is 0 Å². The largest absolute Gasteiger partial charge is 0.352 e. The summed E-state index contributed by atoms with van der Waals surface area (Å²) in [4.78, 5) is 12.6. The normalized spacial score (nSPS) is 16.9. The summed E-state index contributed by atoms with van der Waals surface area (Å²) in [5, 5.41) is 12.5. The Morgan fingerprint density at radius 2 is 1.88 bits per heavy atom. The number of aryl methyl sites for hydroxylation is 1. The molecule has 140 valence electrons. The summed E-state index contributed by atoms with van der Waals surface area (Å²) in [5.41, 5.74) is 2.24. The van der Waals surface area contributed by atoms with Crippen LogP contribution >= 0.6 is 11.8 Å². The van der Waals surface area contributed by atoms with Crippen molar-refractivity contribution in [3.8, 4) is 11.4 Å². The number of amides is 1. The fraction of sp³-hybridized carbons (Fsp3) is 0.550. The molecular weight excluding hydrogens is 344 g/mol. The second-order valence-electron chi connectivity index (χ2n) is 7.14. The van der Waals surface area contributed by atoms with E-state index in [9.17, 15) is 4.79 Å². The van der Waals surface area contributed by atoms with Crippen LogP contribution in [0.15, 0.2) is 29.4 Å². The third kappa shape index (κ3) is 4.47. The molecule has 0 bridgehead atoms. The lowest BCUT2D eigenvalue weighted by Gasteiger charge is -2.19. The monoisotopic (exact) mass is 372 g/mol. The minimum absolute atomic E-state index is 0.0994. The molecule has 1 atom stereocenters. The maximum Gasteiger partial charge on any atom is 0.233 e. The molecule has 1 amide bonds. The molecule has 3 rings (SSSR count). The van der Waals surface area contributed by atoms with Gasteiger partial charge in [-0.25, -0.2) is 0 Å². The topological polar surface area (TPSA) is 59.8 Å². The third-order valence-electron chi connectivity index (χ3n) is 5.07. The van der Waals surface area contributed by atoms with E-state index >= 15 is 0 Å². The summed E-state index contributed by atoms with van der Waals surface area (Å²) >= 11 is 1.47. The lowest BCUT2D eigenvalue weighted by molar-refractivity contribution is -0.121. The summed E-state index contributed by atoms with van der Waals surface area (Å²) in [5.74, 6) is 0.935. The number of nitrogens with zero attached hydrogens (tertiary/aromatic N) is 3. The first-order valence-electron chi connectivity index (χ1n) is 9.48. The first-order chi connectivity index (χ1) is 12.6. The van der Waals surface area contributed by atoms with E-state index in [-0.39, 0.29) is 11.2 Å². The van der Waals surface area contributed by atoms with Gasteiger partial charge in [0.15, 0.2) is 11.0 Å². The van der Waals surface area contributed by atoms with Gasteiger partial charge in [-0.15, -0.1) is 10.2 Å². The highest BCUT2D eigenvalue weighted by Crippen LogP contribution is 2.27. The number of nitrogens with one attached hydrogen (secondary N) is 1. The lowest BCUT2D eigenvalue weighted by atomic mass is 10.1. The summed E-state index contributed by atoms with van der Waals surface area (Å²) in [6.45, 7) is 4.01. The van der Waals surface area contributed by atoms with Gasteiger partial charge >= 0.3 is 0 Å². The lowest BCUT2D eigenvalue weighted by Crippen LogP contribution is -2.39. The number of aromatic nitrogens is 3. The minimum Gasteiger partial charge on any atom is -0.352 e. The number of rotatable bonds is 5. The van der Waals surface area contributed by atoms with Crippen LogP contribution in [-0.4, -0.2) is 32.0 Å². The smallest absolute Gasteiger partial charge is 0.233 e. The van der Waals surface area contributed by atoms with Gasteiger partial charge in [0, 0.05) is 18.7 Å². The first kappa shape index (κ1) is 19.0. The van der Waals surface area contributed by atoms with Crippen molar-refractivity contribution >= 4 is 17.7 Å². The predicted octanol–water partition coefficient (Wildman–Crippen LogP) is 4.11. The molecule has 0 unspecified atom stereocenters. The van der Waals surface area contributed by atoms with Crippen molar-refractivity contribution in [3.63, 3.8) is 0 Å². The number of hydrogen-bond donors (Lipinski definition) is 1. The van der Waals surface area contributed by atoms with Gasteiger partial charge in [-0.1, -0.05) is 61.7 Å². The van der Waals surface area contributed by atoms with E-state index in [1.807, 2.05) is 30.7 Å². The number of carbonyl (C=O) groups excluding carboxylic acids is 1. The van der Waals surface area contributed by atoms with E-state index in [0.29, 0.717) is 6.04 Å². The van der Waals surface area contributed by atoms with Crippen LogP contribution in [0.3, 0.4) is 0 Å². The third-order valence-corrected chi connectivity index (χ3v) is 6.21. The zero-order valence-corrected chi connectivity index (χ0v) is 16.7. The molecule has 0 radical (unpaired) electrons. The summed E-state index contributed by atoms with van der Waals surface area (Å²) < 4.78 is 1.97. The van der Waals surface area contributed by atoms with Crippen molar-refractivity contribution in [3.05, 3.63) is 29.8 Å². The molecule has 1 aromatic heterocycles. The van der Waals surface area contributed by atoms with Crippen LogP contribution in [0, 0.1) is 6.92 Å². The second-order valence-corrected chi connectivity index (χ2v) is 8.45. The Morgan fingerprint density at radius 1 is 1.19 bits per heavy atom. The molecule has 1 aliphatic carbocycles. The quantitative estimate of drug-likeness (QED) is 0.634. The van der Waals surface area contributed by atoms with Crippen LogP contribution in [0.25, 0.3) is 11.4 Å². The molecule has 0 aliphatic heterocycles. The van der Waals surface area contributed by atoms with E-state index in [4.69, 9.17) is 0 Å². The fourth-order valence-corrected chi connectivity index (χ4v) is 4.25. The van der Waals surface area contributed by atoms with E-state index in [2.05, 4.69) is 34.6 Å². The van der Waals surface area contributed by atoms with Gasteiger partial charge < -0.3 is 9.88 Å². The average molecular weight is 373 g/mol. The van der Waals surface area contributed by atoms with Crippen LogP contribution in [0.1, 0.15) is 51.0 Å². The molecule has 1 aromatic carbocycles. The fourth-order valence-electron chi connectivity index (χ4n) is 3.43. The highest BCUT2D eigenvalue weighted by molar-refractivity contribution is 8.00. The summed E-state index contributed by atoms with van der Waals surface area (Å²) in [6.07, 6.45) is 7.22. The van der Waals surface area contributed by atoms with Crippen molar-refractivity contribution in [2.45, 2.75) is 68.8 Å². The molecule has 26 heavy (non-hydrogen) atoms.